The second-order valence-corrected chi connectivity index (χ2v) is 4.50. The highest BCUT2D eigenvalue weighted by Crippen LogP contribution is 2.41. The van der Waals surface area contributed by atoms with Crippen LogP contribution in [0.25, 0.3) is 0 Å². The summed E-state index contributed by atoms with van der Waals surface area (Å²) in [5.41, 5.74) is 3.23. The highest BCUT2D eigenvalue weighted by atomic mass is 16.5. The molecule has 0 aromatic carbocycles. The van der Waals surface area contributed by atoms with Gasteiger partial charge in [0.2, 0.25) is 0 Å². The maximum atomic E-state index is 5.89. The van der Waals surface area contributed by atoms with Gasteiger partial charge < -0.3 is 4.74 Å². The average molecular weight is 207 g/mol. The molecule has 0 aromatic heterocycles. The van der Waals surface area contributed by atoms with Gasteiger partial charge in [-0.25, -0.2) is 0 Å². The molecule has 2 nitrogen and oxygen atoms in total. The molecule has 1 unspecified atom stereocenters. The van der Waals surface area contributed by atoms with Crippen molar-refractivity contribution in [1.29, 1.82) is 0 Å². The number of hydrogen-bond donors (Lipinski definition) is 0. The summed E-state index contributed by atoms with van der Waals surface area (Å²) >= 11 is 0. The fraction of sp³-hybridized carbons (Fsp3) is 0.615. The van der Waals surface area contributed by atoms with Crippen LogP contribution in [0, 0.1) is 5.92 Å². The van der Waals surface area contributed by atoms with Crippen molar-refractivity contribution in [2.75, 3.05) is 6.61 Å². The highest BCUT2D eigenvalue weighted by molar-refractivity contribution is 5.46. The molecular formula is C13H21NO. The maximum Gasteiger partial charge on any atom is 0.0952 e. The second kappa shape index (κ2) is 4.31. The molecule has 84 valence electrons. The van der Waals surface area contributed by atoms with Gasteiger partial charge in [0.1, 0.15) is 0 Å². The van der Waals surface area contributed by atoms with E-state index in [0.29, 0.717) is 12.5 Å². The molecule has 0 aromatic rings. The minimum absolute atomic E-state index is 0.215. The van der Waals surface area contributed by atoms with Gasteiger partial charge in [0.05, 0.1) is 17.9 Å². The van der Waals surface area contributed by atoms with Crippen LogP contribution in [-0.4, -0.2) is 18.9 Å². The van der Waals surface area contributed by atoms with E-state index < -0.39 is 0 Å². The van der Waals surface area contributed by atoms with E-state index in [1.54, 1.807) is 0 Å². The zero-order valence-electron chi connectivity index (χ0n) is 10.4. The van der Waals surface area contributed by atoms with E-state index in [0.717, 1.165) is 5.70 Å². The molecule has 1 atom stereocenters. The molecule has 0 spiro atoms. The molecule has 0 N–H and O–H groups in total. The van der Waals surface area contributed by atoms with E-state index in [-0.39, 0.29) is 5.60 Å². The van der Waals surface area contributed by atoms with Crippen LogP contribution in [0.15, 0.2) is 27.9 Å². The summed E-state index contributed by atoms with van der Waals surface area (Å²) in [4.78, 5) is 4.08. The van der Waals surface area contributed by atoms with Crippen LogP contribution < -0.4 is 0 Å². The van der Waals surface area contributed by atoms with Crippen molar-refractivity contribution in [1.82, 2.24) is 0 Å². The third kappa shape index (κ3) is 1.91. The summed E-state index contributed by atoms with van der Waals surface area (Å²) in [5.74, 6) is 0.432. The van der Waals surface area contributed by atoms with Gasteiger partial charge in [0.25, 0.3) is 0 Å². The van der Waals surface area contributed by atoms with Crippen molar-refractivity contribution in [3.05, 3.63) is 22.9 Å². The van der Waals surface area contributed by atoms with Crippen LogP contribution >= 0.6 is 0 Å². The summed E-state index contributed by atoms with van der Waals surface area (Å²) in [6, 6.07) is 0. The third-order valence-electron chi connectivity index (χ3n) is 3.41. The number of ether oxygens (including phenoxy) is 1. The molecule has 0 fully saturated rings. The van der Waals surface area contributed by atoms with Gasteiger partial charge in [0, 0.05) is 5.57 Å². The fourth-order valence-corrected chi connectivity index (χ4v) is 1.99. The second-order valence-electron chi connectivity index (χ2n) is 4.50. The Bertz CT molecular complexity index is 325. The molecule has 0 saturated carbocycles. The molecule has 0 amide bonds. The van der Waals surface area contributed by atoms with Gasteiger partial charge >= 0.3 is 0 Å². The smallest absolute Gasteiger partial charge is 0.0952 e. The monoisotopic (exact) mass is 207 g/mol. The molecule has 1 rings (SSSR count). The molecule has 0 aliphatic carbocycles. The molecule has 0 radical (unpaired) electrons. The number of allylic oxidation sites excluding steroid dienone is 1. The molecule has 1 aliphatic heterocycles. The topological polar surface area (TPSA) is 21.6 Å². The molecular weight excluding hydrogens is 186 g/mol. The number of aliphatic imine (C=N–C) groups is 1. The van der Waals surface area contributed by atoms with E-state index >= 15 is 0 Å². The highest BCUT2D eigenvalue weighted by Gasteiger charge is 2.40. The first-order valence-corrected chi connectivity index (χ1v) is 5.45. The first kappa shape index (κ1) is 12.2. The van der Waals surface area contributed by atoms with Crippen molar-refractivity contribution >= 4 is 6.72 Å². The van der Waals surface area contributed by atoms with Gasteiger partial charge in [-0.05, 0) is 39.0 Å². The molecule has 0 bridgehead atoms. The van der Waals surface area contributed by atoms with Crippen molar-refractivity contribution < 1.29 is 4.74 Å². The minimum atomic E-state index is -0.215. The van der Waals surface area contributed by atoms with E-state index in [1.807, 2.05) is 6.92 Å². The summed E-state index contributed by atoms with van der Waals surface area (Å²) in [5, 5.41) is 0. The minimum Gasteiger partial charge on any atom is -0.364 e. The zero-order valence-corrected chi connectivity index (χ0v) is 10.4. The van der Waals surface area contributed by atoms with E-state index in [2.05, 4.69) is 45.5 Å². The summed E-state index contributed by atoms with van der Waals surface area (Å²) in [7, 11) is 0. The lowest BCUT2D eigenvalue weighted by Crippen LogP contribution is -2.34. The van der Waals surface area contributed by atoms with Crippen LogP contribution in [0.5, 0.6) is 0 Å². The van der Waals surface area contributed by atoms with Crippen molar-refractivity contribution in [3.8, 4) is 0 Å². The Morgan fingerprint density at radius 2 is 2.20 bits per heavy atom. The van der Waals surface area contributed by atoms with E-state index in [9.17, 15) is 0 Å². The van der Waals surface area contributed by atoms with Gasteiger partial charge in [0.15, 0.2) is 0 Å². The Kier molecular flexibility index (Phi) is 3.50. The van der Waals surface area contributed by atoms with Crippen LogP contribution in [-0.2, 0) is 4.74 Å². The van der Waals surface area contributed by atoms with E-state index in [1.165, 1.54) is 11.1 Å². The predicted octanol–water partition coefficient (Wildman–Crippen LogP) is 3.35. The predicted molar refractivity (Wildman–Crippen MR) is 65.2 cm³/mol. The van der Waals surface area contributed by atoms with E-state index in [4.69, 9.17) is 4.74 Å². The molecule has 2 heteroatoms. The van der Waals surface area contributed by atoms with Crippen molar-refractivity contribution in [3.63, 3.8) is 0 Å². The normalized spacial score (nSPS) is 27.7. The molecule has 0 saturated heterocycles. The van der Waals surface area contributed by atoms with Crippen LogP contribution in [0.2, 0.25) is 0 Å². The molecule has 1 aliphatic rings. The number of hydrogen-bond acceptors (Lipinski definition) is 2. The van der Waals surface area contributed by atoms with Crippen LogP contribution in [0.4, 0.5) is 0 Å². The Balaban J connectivity index is 3.26. The van der Waals surface area contributed by atoms with Gasteiger partial charge in [-0.15, -0.1) is 0 Å². The van der Waals surface area contributed by atoms with Gasteiger partial charge in [-0.2, -0.15) is 0 Å². The first-order chi connectivity index (χ1) is 6.97. The first-order valence-electron chi connectivity index (χ1n) is 5.45. The summed E-state index contributed by atoms with van der Waals surface area (Å²) < 4.78 is 5.89. The lowest BCUT2D eigenvalue weighted by Gasteiger charge is -2.31. The zero-order chi connectivity index (χ0) is 11.6. The summed E-state index contributed by atoms with van der Waals surface area (Å²) in [6.07, 6.45) is 2.11. The Morgan fingerprint density at radius 1 is 1.60 bits per heavy atom. The fourth-order valence-electron chi connectivity index (χ4n) is 1.99. The lowest BCUT2D eigenvalue weighted by atomic mass is 9.81. The largest absolute Gasteiger partial charge is 0.364 e. The molecule has 15 heavy (non-hydrogen) atoms. The molecule has 1 heterocycles. The quantitative estimate of drug-likeness (QED) is 0.650. The number of rotatable bonds is 3. The van der Waals surface area contributed by atoms with Gasteiger partial charge in [-0.1, -0.05) is 19.9 Å². The SMILES string of the molecule is C=NC1=C(/C(C)=C\C)C(C)(C(C)C)OC1. The maximum absolute atomic E-state index is 5.89. The summed E-state index contributed by atoms with van der Waals surface area (Å²) in [6.45, 7) is 14.8. The average Bonchev–Trinajstić information content (AvgIpc) is 2.56. The number of nitrogens with zero attached hydrogens (tertiary/aromatic N) is 1. The lowest BCUT2D eigenvalue weighted by molar-refractivity contribution is -0.00238. The Morgan fingerprint density at radius 3 is 2.60 bits per heavy atom. The van der Waals surface area contributed by atoms with Crippen molar-refractivity contribution in [2.45, 2.75) is 40.2 Å². The van der Waals surface area contributed by atoms with Crippen LogP contribution in [0.3, 0.4) is 0 Å². The Hall–Kier alpha value is -0.890. The van der Waals surface area contributed by atoms with Gasteiger partial charge in [-0.3, -0.25) is 4.99 Å². The Labute approximate surface area is 92.7 Å². The van der Waals surface area contributed by atoms with Crippen LogP contribution in [0.1, 0.15) is 34.6 Å². The third-order valence-corrected chi connectivity index (χ3v) is 3.41. The standard InChI is InChI=1S/C13H21NO/c1-7-10(4)12-11(14-6)8-15-13(12,5)9(2)3/h7,9H,6,8H2,1-5H3/b10-7-. The van der Waals surface area contributed by atoms with Crippen molar-refractivity contribution in [2.24, 2.45) is 10.9 Å².